The van der Waals surface area contributed by atoms with E-state index in [1.165, 1.54) is 5.56 Å². The lowest BCUT2D eigenvalue weighted by molar-refractivity contribution is -0.115. The molecule has 2 aromatic carbocycles. The zero-order chi connectivity index (χ0) is 17.7. The Morgan fingerprint density at radius 1 is 1.08 bits per heavy atom. The van der Waals surface area contributed by atoms with Gasteiger partial charge in [0.25, 0.3) is 0 Å². The minimum atomic E-state index is -0.00907. The lowest BCUT2D eigenvalue weighted by atomic mass is 9.86. The average Bonchev–Trinajstić information content (AvgIpc) is 2.52. The van der Waals surface area contributed by atoms with Gasteiger partial charge in [0.2, 0.25) is 5.91 Å². The largest absolute Gasteiger partial charge is 0.362 e. The van der Waals surface area contributed by atoms with Gasteiger partial charge in [0.1, 0.15) is 0 Å². The molecular weight excluding hydrogens is 296 g/mol. The number of nitrogens with one attached hydrogen (secondary N) is 1. The van der Waals surface area contributed by atoms with Crippen molar-refractivity contribution < 1.29 is 4.79 Å². The summed E-state index contributed by atoms with van der Waals surface area (Å²) in [6.07, 6.45) is 0. The van der Waals surface area contributed by atoms with Crippen molar-refractivity contribution in [3.63, 3.8) is 0 Å². The van der Waals surface area contributed by atoms with Crippen LogP contribution < -0.4 is 10.2 Å². The molecular formula is C21H28N2O. The van der Waals surface area contributed by atoms with Crippen molar-refractivity contribution in [3.8, 4) is 0 Å². The number of rotatable bonds is 5. The smallest absolute Gasteiger partial charge is 0.243 e. The minimum Gasteiger partial charge on any atom is -0.362 e. The highest BCUT2D eigenvalue weighted by atomic mass is 16.2. The first kappa shape index (κ1) is 18.1. The standard InChI is InChI=1S/C21H28N2O/c1-6-23(17-11-9-10-16(2)14-17)15-20(24)22-19-13-8-7-12-18(19)21(3,4)5/h7-14H,6,15H2,1-5H3,(H,22,24). The normalized spacial score (nSPS) is 11.2. The summed E-state index contributed by atoms with van der Waals surface area (Å²) in [6, 6.07) is 16.3. The van der Waals surface area contributed by atoms with Crippen molar-refractivity contribution in [1.82, 2.24) is 0 Å². The molecule has 0 unspecified atom stereocenters. The van der Waals surface area contributed by atoms with E-state index in [1.54, 1.807) is 0 Å². The molecule has 0 bridgehead atoms. The number of amides is 1. The van der Waals surface area contributed by atoms with Gasteiger partial charge < -0.3 is 10.2 Å². The van der Waals surface area contributed by atoms with Crippen molar-refractivity contribution in [3.05, 3.63) is 59.7 Å². The van der Waals surface area contributed by atoms with Crippen LogP contribution in [0.2, 0.25) is 0 Å². The topological polar surface area (TPSA) is 32.3 Å². The molecule has 0 heterocycles. The molecule has 1 amide bonds. The fourth-order valence-corrected chi connectivity index (χ4v) is 2.82. The summed E-state index contributed by atoms with van der Waals surface area (Å²) >= 11 is 0. The molecule has 0 aliphatic heterocycles. The predicted octanol–water partition coefficient (Wildman–Crippen LogP) is 4.76. The van der Waals surface area contributed by atoms with Gasteiger partial charge in [0, 0.05) is 17.9 Å². The van der Waals surface area contributed by atoms with Crippen LogP contribution in [0.15, 0.2) is 48.5 Å². The highest BCUT2D eigenvalue weighted by molar-refractivity contribution is 5.95. The molecule has 0 aromatic heterocycles. The molecule has 0 fully saturated rings. The summed E-state index contributed by atoms with van der Waals surface area (Å²) in [7, 11) is 0. The first-order chi connectivity index (χ1) is 11.3. The third kappa shape index (κ3) is 4.60. The first-order valence-electron chi connectivity index (χ1n) is 8.52. The van der Waals surface area contributed by atoms with Crippen LogP contribution in [-0.4, -0.2) is 19.0 Å². The third-order valence-electron chi connectivity index (χ3n) is 4.09. The third-order valence-corrected chi connectivity index (χ3v) is 4.09. The molecule has 0 aliphatic rings. The minimum absolute atomic E-state index is 0.00907. The van der Waals surface area contributed by atoms with Crippen LogP contribution in [0.25, 0.3) is 0 Å². The van der Waals surface area contributed by atoms with E-state index >= 15 is 0 Å². The van der Waals surface area contributed by atoms with Crippen LogP contribution in [0.3, 0.4) is 0 Å². The number of benzene rings is 2. The first-order valence-corrected chi connectivity index (χ1v) is 8.52. The van der Waals surface area contributed by atoms with Crippen molar-refractivity contribution >= 4 is 17.3 Å². The second-order valence-electron chi connectivity index (χ2n) is 7.20. The lowest BCUT2D eigenvalue weighted by Gasteiger charge is -2.25. The van der Waals surface area contributed by atoms with E-state index in [9.17, 15) is 4.79 Å². The number of hydrogen-bond acceptors (Lipinski definition) is 2. The Balaban J connectivity index is 2.13. The molecule has 24 heavy (non-hydrogen) atoms. The Hall–Kier alpha value is -2.29. The molecule has 3 nitrogen and oxygen atoms in total. The van der Waals surface area contributed by atoms with E-state index in [0.29, 0.717) is 6.54 Å². The summed E-state index contributed by atoms with van der Waals surface area (Å²) in [5.41, 5.74) is 4.32. The maximum atomic E-state index is 12.6. The van der Waals surface area contributed by atoms with E-state index in [4.69, 9.17) is 0 Å². The maximum absolute atomic E-state index is 12.6. The summed E-state index contributed by atoms with van der Waals surface area (Å²) in [5, 5.41) is 3.09. The van der Waals surface area contributed by atoms with Crippen LogP contribution >= 0.6 is 0 Å². The Kier molecular flexibility index (Phi) is 5.66. The number of likely N-dealkylation sites (N-methyl/N-ethyl adjacent to an activating group) is 1. The fraction of sp³-hybridized carbons (Fsp3) is 0.381. The van der Waals surface area contributed by atoms with Gasteiger partial charge in [0.15, 0.2) is 0 Å². The summed E-state index contributed by atoms with van der Waals surface area (Å²) < 4.78 is 0. The molecule has 0 saturated carbocycles. The summed E-state index contributed by atoms with van der Waals surface area (Å²) in [5.74, 6) is 0.00931. The monoisotopic (exact) mass is 324 g/mol. The van der Waals surface area contributed by atoms with Gasteiger partial charge in [-0.3, -0.25) is 4.79 Å². The Labute approximate surface area is 145 Å². The number of carbonyl (C=O) groups excluding carboxylic acids is 1. The van der Waals surface area contributed by atoms with Crippen LogP contribution in [0.5, 0.6) is 0 Å². The van der Waals surface area contributed by atoms with E-state index in [2.05, 4.69) is 63.0 Å². The Morgan fingerprint density at radius 3 is 2.42 bits per heavy atom. The van der Waals surface area contributed by atoms with Gasteiger partial charge in [-0.25, -0.2) is 0 Å². The molecule has 0 saturated heterocycles. The number of nitrogens with zero attached hydrogens (tertiary/aromatic N) is 1. The highest BCUT2D eigenvalue weighted by Crippen LogP contribution is 2.29. The van der Waals surface area contributed by atoms with Crippen molar-refractivity contribution in [2.24, 2.45) is 0 Å². The average molecular weight is 324 g/mol. The van der Waals surface area contributed by atoms with Crippen molar-refractivity contribution in [1.29, 1.82) is 0 Å². The molecule has 1 N–H and O–H groups in total. The predicted molar refractivity (Wildman–Crippen MR) is 103 cm³/mol. The molecule has 2 aromatic rings. The Morgan fingerprint density at radius 2 is 1.79 bits per heavy atom. The quantitative estimate of drug-likeness (QED) is 0.860. The highest BCUT2D eigenvalue weighted by Gasteiger charge is 2.19. The maximum Gasteiger partial charge on any atom is 0.243 e. The van der Waals surface area contributed by atoms with Gasteiger partial charge in [-0.2, -0.15) is 0 Å². The lowest BCUT2D eigenvalue weighted by Crippen LogP contribution is -2.33. The SMILES string of the molecule is CCN(CC(=O)Nc1ccccc1C(C)(C)C)c1cccc(C)c1. The molecule has 0 radical (unpaired) electrons. The van der Waals surface area contributed by atoms with Crippen LogP contribution in [0.4, 0.5) is 11.4 Å². The molecule has 2 rings (SSSR count). The van der Waals surface area contributed by atoms with Crippen LogP contribution in [-0.2, 0) is 10.2 Å². The van der Waals surface area contributed by atoms with Crippen LogP contribution in [0, 0.1) is 6.92 Å². The number of hydrogen-bond donors (Lipinski definition) is 1. The van der Waals surface area contributed by atoms with Crippen molar-refractivity contribution in [2.75, 3.05) is 23.3 Å². The van der Waals surface area contributed by atoms with E-state index in [0.717, 1.165) is 23.5 Å². The molecule has 128 valence electrons. The summed E-state index contributed by atoms with van der Waals surface area (Å²) in [4.78, 5) is 14.7. The second-order valence-corrected chi connectivity index (χ2v) is 7.20. The molecule has 0 spiro atoms. The molecule has 0 atom stereocenters. The zero-order valence-corrected chi connectivity index (χ0v) is 15.4. The van der Waals surface area contributed by atoms with Crippen molar-refractivity contribution in [2.45, 2.75) is 40.0 Å². The van der Waals surface area contributed by atoms with E-state index in [1.807, 2.05) is 30.3 Å². The fourth-order valence-electron chi connectivity index (χ4n) is 2.82. The van der Waals surface area contributed by atoms with Gasteiger partial charge in [-0.1, -0.05) is 51.1 Å². The summed E-state index contributed by atoms with van der Waals surface area (Å²) in [6.45, 7) is 11.7. The number of aryl methyl sites for hydroxylation is 1. The number of carbonyl (C=O) groups is 1. The molecule has 0 aliphatic carbocycles. The zero-order valence-electron chi connectivity index (χ0n) is 15.4. The van der Waals surface area contributed by atoms with Crippen LogP contribution in [0.1, 0.15) is 38.8 Å². The van der Waals surface area contributed by atoms with Gasteiger partial charge in [-0.05, 0) is 48.6 Å². The number of anilines is 2. The van der Waals surface area contributed by atoms with E-state index in [-0.39, 0.29) is 11.3 Å². The Bertz CT molecular complexity index is 701. The van der Waals surface area contributed by atoms with Gasteiger partial charge in [-0.15, -0.1) is 0 Å². The van der Waals surface area contributed by atoms with Gasteiger partial charge in [0.05, 0.1) is 6.54 Å². The number of para-hydroxylation sites is 1. The van der Waals surface area contributed by atoms with Gasteiger partial charge >= 0.3 is 0 Å². The van der Waals surface area contributed by atoms with E-state index < -0.39 is 0 Å². The molecule has 3 heteroatoms. The second kappa shape index (κ2) is 7.52.